The molecule has 1 saturated heterocycles. The second kappa shape index (κ2) is 2.01. The van der Waals surface area contributed by atoms with Crippen molar-refractivity contribution in [2.24, 2.45) is 0 Å². The lowest BCUT2D eigenvalue weighted by atomic mass is 10.0. The second-order valence-electron chi connectivity index (χ2n) is 2.46. The smallest absolute Gasteiger partial charge is 0.419 e. The van der Waals surface area contributed by atoms with Gasteiger partial charge in [-0.25, -0.2) is 4.79 Å². The summed E-state index contributed by atoms with van der Waals surface area (Å²) in [4.78, 5) is 10.5. The number of rotatable bonds is 1. The van der Waals surface area contributed by atoms with Gasteiger partial charge in [0, 0.05) is 0 Å². The molecule has 10 heavy (non-hydrogen) atoms. The molecule has 0 aliphatic carbocycles. The summed E-state index contributed by atoms with van der Waals surface area (Å²) in [5.41, 5.74) is -0.600. The van der Waals surface area contributed by atoms with Crippen molar-refractivity contribution in [3.05, 3.63) is 12.3 Å². The molecule has 1 aliphatic heterocycles. The van der Waals surface area contributed by atoms with E-state index in [0.717, 1.165) is 0 Å². The topological polar surface area (TPSA) is 35.5 Å². The first kappa shape index (κ1) is 7.12. The van der Waals surface area contributed by atoms with Crippen LogP contribution in [0, 0.1) is 0 Å². The molecule has 0 bridgehead atoms. The van der Waals surface area contributed by atoms with Crippen molar-refractivity contribution in [1.82, 2.24) is 0 Å². The normalized spacial score (nSPS) is 31.8. The van der Waals surface area contributed by atoms with E-state index >= 15 is 0 Å². The number of ether oxygens (including phenoxy) is 2. The number of cyclic esters (lactones) is 2. The predicted octanol–water partition coefficient (Wildman–Crippen LogP) is 1.84. The highest BCUT2D eigenvalue weighted by atomic mass is 16.8. The molecule has 1 rings (SSSR count). The fraction of sp³-hybridized carbons (Fsp3) is 0.571. The first-order chi connectivity index (χ1) is 4.58. The largest absolute Gasteiger partial charge is 0.514 e. The Bertz CT molecular complexity index is 185. The minimum Gasteiger partial charge on any atom is -0.419 e. The average molecular weight is 142 g/mol. The van der Waals surface area contributed by atoms with Gasteiger partial charge in [0.25, 0.3) is 0 Å². The van der Waals surface area contributed by atoms with Crippen LogP contribution in [-0.2, 0) is 9.47 Å². The maximum atomic E-state index is 10.5. The molecular weight excluding hydrogens is 132 g/mol. The van der Waals surface area contributed by atoms with Crippen LogP contribution in [-0.4, -0.2) is 11.8 Å². The van der Waals surface area contributed by atoms with E-state index in [4.69, 9.17) is 4.74 Å². The zero-order chi connectivity index (χ0) is 7.78. The van der Waals surface area contributed by atoms with Crippen LogP contribution in [0.2, 0.25) is 0 Å². The van der Waals surface area contributed by atoms with Gasteiger partial charge in [0.1, 0.15) is 5.76 Å². The van der Waals surface area contributed by atoms with E-state index in [2.05, 4.69) is 11.3 Å². The van der Waals surface area contributed by atoms with Crippen LogP contribution in [0.15, 0.2) is 12.3 Å². The molecular formula is C7H10O3. The Kier molecular flexibility index (Phi) is 1.43. The van der Waals surface area contributed by atoms with E-state index < -0.39 is 11.8 Å². The van der Waals surface area contributed by atoms with Crippen molar-refractivity contribution < 1.29 is 14.3 Å². The highest BCUT2D eigenvalue weighted by Gasteiger charge is 2.40. The molecule has 0 N–H and O–H groups in total. The fourth-order valence-corrected chi connectivity index (χ4v) is 0.740. The van der Waals surface area contributed by atoms with Gasteiger partial charge in [-0.2, -0.15) is 0 Å². The predicted molar refractivity (Wildman–Crippen MR) is 35.4 cm³/mol. The third kappa shape index (κ3) is 0.875. The Hall–Kier alpha value is -0.990. The zero-order valence-corrected chi connectivity index (χ0v) is 6.14. The lowest BCUT2D eigenvalue weighted by Crippen LogP contribution is -2.23. The molecule has 3 nitrogen and oxygen atoms in total. The number of hydrogen-bond acceptors (Lipinski definition) is 3. The Labute approximate surface area is 59.6 Å². The maximum absolute atomic E-state index is 10.5. The summed E-state index contributed by atoms with van der Waals surface area (Å²) in [5.74, 6) is 0.403. The number of carbonyl (C=O) groups is 1. The van der Waals surface area contributed by atoms with Crippen LogP contribution in [0.1, 0.15) is 20.3 Å². The molecule has 0 amide bonds. The average Bonchev–Trinajstić information content (AvgIpc) is 2.09. The number of hydrogen-bond donors (Lipinski definition) is 0. The van der Waals surface area contributed by atoms with Crippen molar-refractivity contribution in [1.29, 1.82) is 0 Å². The fourth-order valence-electron chi connectivity index (χ4n) is 0.740. The van der Waals surface area contributed by atoms with Gasteiger partial charge in [-0.1, -0.05) is 13.5 Å². The Morgan fingerprint density at radius 2 is 2.30 bits per heavy atom. The zero-order valence-electron chi connectivity index (χ0n) is 6.14. The molecule has 1 fully saturated rings. The van der Waals surface area contributed by atoms with E-state index in [-0.39, 0.29) is 0 Å². The molecule has 56 valence electrons. The highest BCUT2D eigenvalue weighted by molar-refractivity contribution is 5.65. The van der Waals surface area contributed by atoms with Gasteiger partial charge in [-0.3, -0.25) is 0 Å². The Morgan fingerprint density at radius 3 is 2.50 bits per heavy atom. The lowest BCUT2D eigenvalue weighted by molar-refractivity contribution is 0.0746. The Morgan fingerprint density at radius 1 is 1.70 bits per heavy atom. The van der Waals surface area contributed by atoms with Crippen LogP contribution in [0.25, 0.3) is 0 Å². The van der Waals surface area contributed by atoms with E-state index in [1.54, 1.807) is 6.92 Å². The van der Waals surface area contributed by atoms with Crippen LogP contribution in [0.5, 0.6) is 0 Å². The summed E-state index contributed by atoms with van der Waals surface area (Å²) < 4.78 is 9.46. The molecule has 0 saturated carbocycles. The van der Waals surface area contributed by atoms with Crippen LogP contribution >= 0.6 is 0 Å². The molecule has 0 aromatic heterocycles. The SMILES string of the molecule is C=C1OC(=O)OC1(C)CC. The van der Waals surface area contributed by atoms with E-state index in [1.165, 1.54) is 0 Å². The first-order valence-electron chi connectivity index (χ1n) is 3.18. The van der Waals surface area contributed by atoms with Gasteiger partial charge in [0.2, 0.25) is 0 Å². The van der Waals surface area contributed by atoms with Gasteiger partial charge in [0.15, 0.2) is 5.60 Å². The monoisotopic (exact) mass is 142 g/mol. The summed E-state index contributed by atoms with van der Waals surface area (Å²) in [7, 11) is 0. The summed E-state index contributed by atoms with van der Waals surface area (Å²) in [6.07, 6.45) is 0.0479. The van der Waals surface area contributed by atoms with Gasteiger partial charge in [-0.15, -0.1) is 0 Å². The second-order valence-corrected chi connectivity index (χ2v) is 2.46. The third-order valence-corrected chi connectivity index (χ3v) is 1.78. The molecule has 1 atom stereocenters. The van der Waals surface area contributed by atoms with Crippen molar-refractivity contribution in [2.75, 3.05) is 0 Å². The summed E-state index contributed by atoms with van der Waals surface area (Å²) >= 11 is 0. The van der Waals surface area contributed by atoms with Gasteiger partial charge in [0.05, 0.1) is 0 Å². The molecule has 1 heterocycles. The minimum atomic E-state index is -0.644. The quantitative estimate of drug-likeness (QED) is 0.524. The van der Waals surface area contributed by atoms with E-state index in [9.17, 15) is 4.79 Å². The maximum Gasteiger partial charge on any atom is 0.514 e. The van der Waals surface area contributed by atoms with Crippen molar-refractivity contribution in [2.45, 2.75) is 25.9 Å². The summed E-state index contributed by atoms with van der Waals surface area (Å²) in [6.45, 7) is 7.25. The molecule has 1 unspecified atom stereocenters. The van der Waals surface area contributed by atoms with Crippen LogP contribution < -0.4 is 0 Å². The highest BCUT2D eigenvalue weighted by Crippen LogP contribution is 2.31. The first-order valence-corrected chi connectivity index (χ1v) is 3.18. The molecule has 0 aromatic carbocycles. The Balaban J connectivity index is 2.80. The van der Waals surface area contributed by atoms with E-state index in [0.29, 0.717) is 12.2 Å². The summed E-state index contributed by atoms with van der Waals surface area (Å²) in [6, 6.07) is 0. The summed E-state index contributed by atoms with van der Waals surface area (Å²) in [5, 5.41) is 0. The lowest BCUT2D eigenvalue weighted by Gasteiger charge is -2.16. The number of carbonyl (C=O) groups excluding carboxylic acids is 1. The third-order valence-electron chi connectivity index (χ3n) is 1.78. The molecule has 3 heteroatoms. The molecule has 1 aliphatic rings. The minimum absolute atomic E-state index is 0.403. The molecule has 0 radical (unpaired) electrons. The van der Waals surface area contributed by atoms with Gasteiger partial charge in [-0.05, 0) is 13.3 Å². The van der Waals surface area contributed by atoms with Gasteiger partial charge >= 0.3 is 6.16 Å². The standard InChI is InChI=1S/C7H10O3/c1-4-7(3)5(2)9-6(8)10-7/h2,4H2,1,3H3. The van der Waals surface area contributed by atoms with Crippen LogP contribution in [0.4, 0.5) is 4.79 Å². The molecule has 0 aromatic rings. The molecule has 0 spiro atoms. The van der Waals surface area contributed by atoms with Crippen LogP contribution in [0.3, 0.4) is 0 Å². The van der Waals surface area contributed by atoms with Gasteiger partial charge < -0.3 is 9.47 Å². The van der Waals surface area contributed by atoms with Crippen molar-refractivity contribution >= 4 is 6.16 Å². The van der Waals surface area contributed by atoms with Crippen molar-refractivity contribution in [3.8, 4) is 0 Å². The van der Waals surface area contributed by atoms with Crippen molar-refractivity contribution in [3.63, 3.8) is 0 Å². The van der Waals surface area contributed by atoms with E-state index in [1.807, 2.05) is 6.92 Å².